The van der Waals surface area contributed by atoms with Crippen molar-refractivity contribution in [3.8, 4) is 5.69 Å². The number of alkyl halides is 3. The van der Waals surface area contributed by atoms with Crippen molar-refractivity contribution in [2.75, 3.05) is 19.7 Å². The largest absolute Gasteiger partial charge is 0.542 e. The van der Waals surface area contributed by atoms with Crippen molar-refractivity contribution in [3.63, 3.8) is 0 Å². The van der Waals surface area contributed by atoms with E-state index < -0.39 is 48.3 Å². The predicted molar refractivity (Wildman–Crippen MR) is 187 cm³/mol. The first-order valence-electron chi connectivity index (χ1n) is 19.5. The quantitative estimate of drug-likeness (QED) is 0.310. The molecule has 0 bridgehead atoms. The highest BCUT2D eigenvalue weighted by Crippen LogP contribution is 2.70. The molecule has 2 saturated heterocycles. The smallest absolute Gasteiger partial charge is 0.430 e. The molecule has 3 heterocycles. The van der Waals surface area contributed by atoms with Crippen LogP contribution >= 0.6 is 0 Å². The number of aromatic nitrogens is 2. The standard InChI is InChI=1S/C38H50FN3O6.C2HF3O2/c1-4-5-34-47-33-16-28-27-8-6-24-15-30-23(17-36(24,2)35(27)31(45)18-37(28,3)38(33,48-34)32(46)21-43)19-40-42(30)25-7-9-29(39)22(14-25)20-41-12-10-26(44)11-13-41;3-2(4,5)1(6)7/h7,9,14-15,19,26-28,31,33-35,43-45H,4-6,8,10-13,16-18,20-21H2,1-3H3;(H,6,7)/t27-,28-,31-,33+,34+,35+,36-,37-,38+;/m0./s1. The van der Waals surface area contributed by atoms with Crippen LogP contribution in [0.3, 0.4) is 0 Å². The van der Waals surface area contributed by atoms with E-state index in [4.69, 9.17) is 24.5 Å². The number of allylic oxidation sites excluding steroid dienone is 1. The molecule has 0 spiro atoms. The van der Waals surface area contributed by atoms with E-state index in [1.54, 1.807) is 12.1 Å². The number of aliphatic hydroxyl groups is 3. The van der Waals surface area contributed by atoms with Gasteiger partial charge in [-0.2, -0.15) is 18.3 Å². The van der Waals surface area contributed by atoms with Gasteiger partial charge in [-0.1, -0.05) is 32.8 Å². The molecule has 0 amide bonds. The van der Waals surface area contributed by atoms with E-state index >= 15 is 4.39 Å². The number of quaternary nitrogens is 1. The van der Waals surface area contributed by atoms with Crippen molar-refractivity contribution in [1.82, 2.24) is 9.78 Å². The van der Waals surface area contributed by atoms with Gasteiger partial charge in [0, 0.05) is 23.8 Å². The molecular weight excluding hydrogens is 726 g/mol. The first kappa shape index (κ1) is 40.0. The zero-order chi connectivity index (χ0) is 39.7. The lowest BCUT2D eigenvalue weighted by atomic mass is 9.45. The van der Waals surface area contributed by atoms with Crippen LogP contribution in [-0.4, -0.2) is 92.9 Å². The zero-order valence-corrected chi connectivity index (χ0v) is 31.4. The molecule has 3 saturated carbocycles. The summed E-state index contributed by atoms with van der Waals surface area (Å²) < 4.78 is 61.5. The number of Topliss-reactive ketones (excluding diaryl/α,β-unsaturated/α-hetero) is 1. The average Bonchev–Trinajstić information content (AvgIpc) is 3.77. The van der Waals surface area contributed by atoms with E-state index in [2.05, 4.69) is 26.8 Å². The van der Waals surface area contributed by atoms with E-state index in [0.717, 1.165) is 68.6 Å². The fourth-order valence-electron chi connectivity index (χ4n) is 11.5. The number of ether oxygens (including phenoxy) is 2. The molecule has 1 aromatic carbocycles. The minimum Gasteiger partial charge on any atom is -0.542 e. The highest BCUT2D eigenvalue weighted by atomic mass is 19.4. The van der Waals surface area contributed by atoms with Crippen molar-refractivity contribution >= 4 is 17.8 Å². The molecule has 4 aliphatic carbocycles. The summed E-state index contributed by atoms with van der Waals surface area (Å²) in [5.41, 5.74) is 2.80. The highest BCUT2D eigenvalue weighted by molar-refractivity contribution is 5.91. The second-order valence-corrected chi connectivity index (χ2v) is 17.0. The summed E-state index contributed by atoms with van der Waals surface area (Å²) in [5, 5.41) is 45.8. The van der Waals surface area contributed by atoms with Crippen molar-refractivity contribution in [2.24, 2.45) is 28.6 Å². The summed E-state index contributed by atoms with van der Waals surface area (Å²) in [6.45, 7) is 8.12. The number of ketones is 1. The van der Waals surface area contributed by atoms with Gasteiger partial charge in [-0.15, -0.1) is 0 Å². The van der Waals surface area contributed by atoms with Crippen LogP contribution in [0.2, 0.25) is 0 Å². The first-order chi connectivity index (χ1) is 26.0. The normalized spacial score (nSPS) is 37.7. The lowest BCUT2D eigenvalue weighted by molar-refractivity contribution is -0.919. The number of aliphatic hydroxyl groups excluding tert-OH is 3. The van der Waals surface area contributed by atoms with Crippen LogP contribution in [0.15, 0.2) is 30.0 Å². The van der Waals surface area contributed by atoms with Gasteiger partial charge < -0.3 is 39.6 Å². The lowest BCUT2D eigenvalue weighted by Gasteiger charge is -2.60. The van der Waals surface area contributed by atoms with E-state index in [1.165, 1.54) is 10.5 Å². The lowest BCUT2D eigenvalue weighted by Crippen LogP contribution is -3.12. The van der Waals surface area contributed by atoms with Crippen LogP contribution in [0.5, 0.6) is 0 Å². The summed E-state index contributed by atoms with van der Waals surface area (Å²) in [6.07, 6.45) is 3.93. The van der Waals surface area contributed by atoms with Crippen LogP contribution in [0, 0.1) is 34.4 Å². The third-order valence-corrected chi connectivity index (χ3v) is 13.9. The maximum absolute atomic E-state index is 15.0. The molecule has 0 unspecified atom stereocenters. The minimum absolute atomic E-state index is 0.00193. The summed E-state index contributed by atoms with van der Waals surface area (Å²) in [5.74, 6) is -3.23. The van der Waals surface area contributed by atoms with Gasteiger partial charge >= 0.3 is 6.18 Å². The second kappa shape index (κ2) is 14.6. The van der Waals surface area contributed by atoms with Crippen molar-refractivity contribution < 1.29 is 62.0 Å². The van der Waals surface area contributed by atoms with Gasteiger partial charge in [-0.3, -0.25) is 4.79 Å². The van der Waals surface area contributed by atoms with Gasteiger partial charge in [0.2, 0.25) is 0 Å². The van der Waals surface area contributed by atoms with E-state index in [9.17, 15) is 33.3 Å². The Hall–Kier alpha value is -3.21. The monoisotopic (exact) mass is 777 g/mol. The van der Waals surface area contributed by atoms with Crippen LogP contribution in [0.1, 0.15) is 89.0 Å². The zero-order valence-electron chi connectivity index (χ0n) is 31.4. The number of carboxylic acids is 1. The molecule has 55 heavy (non-hydrogen) atoms. The SMILES string of the molecule is CCC[C@@H]1O[C@@H]2C[C@H]3[C@@H]4CCC5=Cc6c(cnn6-c6ccc(F)c(C[NH+]7CCC(O)CC7)c6)C[C@]5(C)[C@H]4[C@@H](O)C[C@]3(C)[C@]2(C(=O)CO)O1.O=C([O-])C(F)(F)F. The molecule has 8 rings (SSSR count). The Morgan fingerprint density at radius 2 is 1.85 bits per heavy atom. The number of likely N-dealkylation sites (tertiary alicyclic amines) is 1. The Bertz CT molecular complexity index is 1830. The molecule has 2 aliphatic heterocycles. The average molecular weight is 778 g/mol. The summed E-state index contributed by atoms with van der Waals surface area (Å²) in [4.78, 5) is 23.7. The third-order valence-electron chi connectivity index (χ3n) is 13.9. The molecule has 1 aromatic heterocycles. The number of nitrogens with zero attached hydrogens (tertiary/aromatic N) is 2. The number of carbonyl (C=O) groups excluding carboxylic acids is 2. The molecule has 11 nitrogen and oxygen atoms in total. The number of hydrogen-bond acceptors (Lipinski definition) is 9. The number of aliphatic carboxylic acids is 1. The molecule has 2 aromatic rings. The Morgan fingerprint density at radius 1 is 1.15 bits per heavy atom. The van der Waals surface area contributed by atoms with Crippen molar-refractivity contribution in [1.29, 1.82) is 0 Å². The summed E-state index contributed by atoms with van der Waals surface area (Å²) in [7, 11) is 0. The minimum atomic E-state index is -5.19. The van der Waals surface area contributed by atoms with E-state index in [0.29, 0.717) is 31.4 Å². The van der Waals surface area contributed by atoms with Gasteiger partial charge in [0.05, 0.1) is 49.0 Å². The maximum atomic E-state index is 15.0. The van der Waals surface area contributed by atoms with Crippen LogP contribution in [0.25, 0.3) is 11.8 Å². The van der Waals surface area contributed by atoms with Crippen LogP contribution in [0.4, 0.5) is 17.6 Å². The Balaban J connectivity index is 0.000000609. The molecule has 0 radical (unpaired) electrons. The first-order valence-corrected chi connectivity index (χ1v) is 19.5. The maximum Gasteiger partial charge on any atom is 0.430 e. The number of rotatable bonds is 7. The van der Waals surface area contributed by atoms with E-state index in [1.807, 2.05) is 16.9 Å². The molecule has 302 valence electrons. The van der Waals surface area contributed by atoms with Crippen LogP contribution in [-0.2, 0) is 32.0 Å². The van der Waals surface area contributed by atoms with Gasteiger partial charge in [-0.25, -0.2) is 9.07 Å². The third kappa shape index (κ3) is 6.65. The number of carboxylic acid groups (broad SMARTS) is 1. The number of carbonyl (C=O) groups is 2. The van der Waals surface area contributed by atoms with Gasteiger partial charge in [0.25, 0.3) is 0 Å². The van der Waals surface area contributed by atoms with E-state index in [-0.39, 0.29) is 40.9 Å². The number of halogens is 4. The Kier molecular flexibility index (Phi) is 10.6. The molecule has 15 heteroatoms. The van der Waals surface area contributed by atoms with Crippen LogP contribution < -0.4 is 10.0 Å². The number of nitrogens with one attached hydrogen (secondary N) is 1. The van der Waals surface area contributed by atoms with Crippen molar-refractivity contribution in [3.05, 3.63) is 52.6 Å². The Labute approximate surface area is 317 Å². The number of piperidine rings is 1. The molecule has 4 N–H and O–H groups in total. The van der Waals surface area contributed by atoms with Gasteiger partial charge in [0.15, 0.2) is 17.7 Å². The molecule has 9 atom stereocenters. The Morgan fingerprint density at radius 3 is 2.51 bits per heavy atom. The number of benzene rings is 1. The predicted octanol–water partition coefficient (Wildman–Crippen LogP) is 2.45. The summed E-state index contributed by atoms with van der Waals surface area (Å²) >= 11 is 0. The number of fused-ring (bicyclic) bond motifs is 8. The second-order valence-electron chi connectivity index (χ2n) is 17.0. The van der Waals surface area contributed by atoms with Gasteiger partial charge in [0.1, 0.15) is 24.9 Å². The van der Waals surface area contributed by atoms with Crippen molar-refractivity contribution in [2.45, 2.75) is 121 Å². The highest BCUT2D eigenvalue weighted by Gasteiger charge is 2.75. The fourth-order valence-corrected chi connectivity index (χ4v) is 11.5. The fraction of sp³-hybridized carbons (Fsp3) is 0.675. The number of hydrogen-bond donors (Lipinski definition) is 4. The summed E-state index contributed by atoms with van der Waals surface area (Å²) in [6, 6.07) is 5.26. The molecular formula is C40H51F4N3O8. The molecule has 6 aliphatic rings. The topological polar surface area (TPSA) is 159 Å². The van der Waals surface area contributed by atoms with Gasteiger partial charge in [-0.05, 0) is 91.5 Å². The molecule has 5 fully saturated rings.